The number of furan rings is 1. The van der Waals surface area contributed by atoms with Gasteiger partial charge in [-0.3, -0.25) is 9.69 Å². The van der Waals surface area contributed by atoms with E-state index in [1.807, 2.05) is 19.1 Å². The molecule has 1 aromatic heterocycles. The summed E-state index contributed by atoms with van der Waals surface area (Å²) < 4.78 is 11.3. The van der Waals surface area contributed by atoms with Gasteiger partial charge in [-0.25, -0.2) is 0 Å². The molecule has 1 amide bonds. The van der Waals surface area contributed by atoms with Crippen molar-refractivity contribution in [2.45, 2.75) is 51.5 Å². The lowest BCUT2D eigenvalue weighted by molar-refractivity contribution is -0.122. The van der Waals surface area contributed by atoms with Gasteiger partial charge in [-0.05, 0) is 37.8 Å². The van der Waals surface area contributed by atoms with Crippen molar-refractivity contribution in [1.29, 1.82) is 0 Å². The number of carbonyl (C=O) groups is 1. The van der Waals surface area contributed by atoms with Crippen molar-refractivity contribution in [1.82, 2.24) is 10.2 Å². The zero-order valence-corrected chi connectivity index (χ0v) is 14.8. The van der Waals surface area contributed by atoms with E-state index in [2.05, 4.69) is 10.2 Å². The largest absolute Gasteiger partial charge is 0.465 e. The predicted molar refractivity (Wildman–Crippen MR) is 92.8 cm³/mol. The Kier molecular flexibility index (Phi) is 6.32. The van der Waals surface area contributed by atoms with Crippen LogP contribution in [-0.2, 0) is 9.53 Å². The average molecular weight is 334 g/mol. The molecule has 2 heterocycles. The first-order valence-electron chi connectivity index (χ1n) is 9.37. The highest BCUT2D eigenvalue weighted by atomic mass is 16.5. The average Bonchev–Trinajstić information content (AvgIpc) is 3.03. The Morgan fingerprint density at radius 1 is 1.25 bits per heavy atom. The third-order valence-corrected chi connectivity index (χ3v) is 5.27. The maximum absolute atomic E-state index is 12.4. The maximum atomic E-state index is 12.4. The van der Waals surface area contributed by atoms with E-state index in [4.69, 9.17) is 9.15 Å². The first kappa shape index (κ1) is 17.5. The van der Waals surface area contributed by atoms with Gasteiger partial charge >= 0.3 is 0 Å². The SMILES string of the molecule is Cc1ccc([C@@H](CNC(=O)CC2CCCCC2)N2CCOCC2)o1. The molecule has 1 N–H and O–H groups in total. The highest BCUT2D eigenvalue weighted by Crippen LogP contribution is 2.27. The van der Waals surface area contributed by atoms with E-state index in [0.717, 1.165) is 37.8 Å². The lowest BCUT2D eigenvalue weighted by atomic mass is 9.87. The lowest BCUT2D eigenvalue weighted by Crippen LogP contribution is -2.43. The fourth-order valence-electron chi connectivity index (χ4n) is 3.87. The normalized spacial score (nSPS) is 21.5. The third kappa shape index (κ3) is 4.84. The van der Waals surface area contributed by atoms with Crippen LogP contribution in [-0.4, -0.2) is 43.7 Å². The summed E-state index contributed by atoms with van der Waals surface area (Å²) in [5, 5.41) is 3.15. The van der Waals surface area contributed by atoms with Crippen LogP contribution >= 0.6 is 0 Å². The predicted octanol–water partition coefficient (Wildman–Crippen LogP) is 3.05. The molecule has 1 saturated carbocycles. The monoisotopic (exact) mass is 334 g/mol. The fraction of sp³-hybridized carbons (Fsp3) is 0.737. The van der Waals surface area contributed by atoms with Crippen molar-refractivity contribution in [3.05, 3.63) is 23.7 Å². The summed E-state index contributed by atoms with van der Waals surface area (Å²) in [5.74, 6) is 2.61. The Bertz CT molecular complexity index is 516. The van der Waals surface area contributed by atoms with Crippen LogP contribution in [0.25, 0.3) is 0 Å². The van der Waals surface area contributed by atoms with Gasteiger partial charge in [0.1, 0.15) is 11.5 Å². The van der Waals surface area contributed by atoms with E-state index in [-0.39, 0.29) is 11.9 Å². The first-order valence-corrected chi connectivity index (χ1v) is 9.37. The molecule has 1 aliphatic carbocycles. The van der Waals surface area contributed by atoms with Crippen LogP contribution in [0.4, 0.5) is 0 Å². The highest BCUT2D eigenvalue weighted by Gasteiger charge is 2.26. The summed E-state index contributed by atoms with van der Waals surface area (Å²) in [7, 11) is 0. The molecule has 134 valence electrons. The number of ether oxygens (including phenoxy) is 1. The highest BCUT2D eigenvalue weighted by molar-refractivity contribution is 5.76. The number of rotatable bonds is 6. The van der Waals surface area contributed by atoms with Crippen molar-refractivity contribution in [2.24, 2.45) is 5.92 Å². The number of morpholine rings is 1. The van der Waals surface area contributed by atoms with Crippen molar-refractivity contribution < 1.29 is 13.9 Å². The van der Waals surface area contributed by atoms with Gasteiger partial charge in [0.2, 0.25) is 5.91 Å². The van der Waals surface area contributed by atoms with Crippen LogP contribution in [0.2, 0.25) is 0 Å². The molecule has 2 aliphatic rings. The summed E-state index contributed by atoms with van der Waals surface area (Å²) in [6, 6.07) is 4.12. The van der Waals surface area contributed by atoms with Gasteiger partial charge in [0.05, 0.1) is 19.3 Å². The Morgan fingerprint density at radius 2 is 2.00 bits per heavy atom. The third-order valence-electron chi connectivity index (χ3n) is 5.27. The van der Waals surface area contributed by atoms with Crippen molar-refractivity contribution in [3.63, 3.8) is 0 Å². The quantitative estimate of drug-likeness (QED) is 0.869. The molecule has 0 aromatic carbocycles. The number of carbonyl (C=O) groups excluding carboxylic acids is 1. The standard InChI is InChI=1S/C19H30N2O3/c1-15-7-8-18(24-15)17(21-9-11-23-12-10-21)14-20-19(22)13-16-5-3-2-4-6-16/h7-8,16-17H,2-6,9-14H2,1H3,(H,20,22)/t17-/m1/s1. The molecular formula is C19H30N2O3. The van der Waals surface area contributed by atoms with Gasteiger partial charge < -0.3 is 14.5 Å². The summed E-state index contributed by atoms with van der Waals surface area (Å²) in [5.41, 5.74) is 0. The zero-order chi connectivity index (χ0) is 16.8. The number of hydrogen-bond donors (Lipinski definition) is 1. The van der Waals surface area contributed by atoms with E-state index in [1.54, 1.807) is 0 Å². The molecule has 0 spiro atoms. The second kappa shape index (κ2) is 8.67. The van der Waals surface area contributed by atoms with Crippen LogP contribution in [0.3, 0.4) is 0 Å². The summed E-state index contributed by atoms with van der Waals surface area (Å²) in [6.07, 6.45) is 6.97. The van der Waals surface area contributed by atoms with E-state index in [1.165, 1.54) is 32.1 Å². The van der Waals surface area contributed by atoms with Crippen LogP contribution < -0.4 is 5.32 Å². The number of hydrogen-bond acceptors (Lipinski definition) is 4. The molecule has 1 saturated heterocycles. The Labute approximate surface area is 144 Å². The van der Waals surface area contributed by atoms with E-state index >= 15 is 0 Å². The Hall–Kier alpha value is -1.33. The van der Waals surface area contributed by atoms with Gasteiger partial charge in [-0.2, -0.15) is 0 Å². The lowest BCUT2D eigenvalue weighted by Gasteiger charge is -2.33. The van der Waals surface area contributed by atoms with Crippen molar-refractivity contribution >= 4 is 5.91 Å². The number of nitrogens with zero attached hydrogens (tertiary/aromatic N) is 1. The van der Waals surface area contributed by atoms with Crippen LogP contribution in [0.1, 0.15) is 56.1 Å². The minimum absolute atomic E-state index is 0.0953. The van der Waals surface area contributed by atoms with Crippen LogP contribution in [0, 0.1) is 12.8 Å². The minimum atomic E-state index is 0.0953. The fourth-order valence-corrected chi connectivity index (χ4v) is 3.87. The summed E-state index contributed by atoms with van der Waals surface area (Å²) >= 11 is 0. The molecule has 1 aliphatic heterocycles. The summed E-state index contributed by atoms with van der Waals surface area (Å²) in [4.78, 5) is 14.7. The van der Waals surface area contributed by atoms with E-state index in [0.29, 0.717) is 18.9 Å². The molecular weight excluding hydrogens is 304 g/mol. The molecule has 0 unspecified atom stereocenters. The van der Waals surface area contributed by atoms with Crippen molar-refractivity contribution in [2.75, 3.05) is 32.8 Å². The molecule has 5 heteroatoms. The van der Waals surface area contributed by atoms with E-state index < -0.39 is 0 Å². The number of amides is 1. The van der Waals surface area contributed by atoms with E-state index in [9.17, 15) is 4.79 Å². The molecule has 24 heavy (non-hydrogen) atoms. The van der Waals surface area contributed by atoms with Crippen LogP contribution in [0.5, 0.6) is 0 Å². The van der Waals surface area contributed by atoms with Crippen molar-refractivity contribution in [3.8, 4) is 0 Å². The minimum Gasteiger partial charge on any atom is -0.465 e. The molecule has 0 radical (unpaired) electrons. The summed E-state index contributed by atoms with van der Waals surface area (Å²) in [6.45, 7) is 5.81. The molecule has 1 aromatic rings. The van der Waals surface area contributed by atoms with Gasteiger partial charge in [0, 0.05) is 26.1 Å². The molecule has 3 rings (SSSR count). The second-order valence-corrected chi connectivity index (χ2v) is 7.12. The zero-order valence-electron chi connectivity index (χ0n) is 14.8. The molecule has 5 nitrogen and oxygen atoms in total. The van der Waals surface area contributed by atoms with Gasteiger partial charge in [-0.15, -0.1) is 0 Å². The second-order valence-electron chi connectivity index (χ2n) is 7.12. The van der Waals surface area contributed by atoms with Gasteiger partial charge in [0.25, 0.3) is 0 Å². The topological polar surface area (TPSA) is 54.7 Å². The molecule has 2 fully saturated rings. The molecule has 1 atom stereocenters. The Morgan fingerprint density at radius 3 is 2.67 bits per heavy atom. The Balaban J connectivity index is 1.55. The smallest absolute Gasteiger partial charge is 0.220 e. The van der Waals surface area contributed by atoms with Gasteiger partial charge in [-0.1, -0.05) is 19.3 Å². The maximum Gasteiger partial charge on any atom is 0.220 e. The van der Waals surface area contributed by atoms with Crippen LogP contribution in [0.15, 0.2) is 16.5 Å². The molecule has 0 bridgehead atoms. The number of aryl methyl sites for hydroxylation is 1. The first-order chi connectivity index (χ1) is 11.7. The number of nitrogens with one attached hydrogen (secondary N) is 1. The van der Waals surface area contributed by atoms with Gasteiger partial charge in [0.15, 0.2) is 0 Å².